The SMILES string of the molecule is CSc1ccc(S(=O)(=O)N2CCC(C(C)N)CC2)cc1Cl. The zero-order valence-electron chi connectivity index (χ0n) is 12.3. The number of rotatable bonds is 4. The van der Waals surface area contributed by atoms with E-state index in [0.717, 1.165) is 17.7 Å². The molecular weight excluding hydrogens is 328 g/mol. The van der Waals surface area contributed by atoms with Gasteiger partial charge in [-0.25, -0.2) is 8.42 Å². The first-order chi connectivity index (χ1) is 9.86. The van der Waals surface area contributed by atoms with Crippen LogP contribution in [0, 0.1) is 5.92 Å². The fourth-order valence-electron chi connectivity index (χ4n) is 2.60. The van der Waals surface area contributed by atoms with Crippen molar-refractivity contribution in [2.75, 3.05) is 19.3 Å². The van der Waals surface area contributed by atoms with Gasteiger partial charge in [-0.3, -0.25) is 0 Å². The summed E-state index contributed by atoms with van der Waals surface area (Å²) in [7, 11) is -3.46. The van der Waals surface area contributed by atoms with Crippen LogP contribution in [0.2, 0.25) is 5.02 Å². The van der Waals surface area contributed by atoms with E-state index in [2.05, 4.69) is 0 Å². The van der Waals surface area contributed by atoms with Crippen molar-refractivity contribution in [1.29, 1.82) is 0 Å². The quantitative estimate of drug-likeness (QED) is 0.850. The molecule has 118 valence electrons. The Kier molecular flexibility index (Phi) is 5.59. The maximum atomic E-state index is 12.6. The van der Waals surface area contributed by atoms with Crippen LogP contribution < -0.4 is 5.73 Å². The average Bonchev–Trinajstić information content (AvgIpc) is 2.47. The van der Waals surface area contributed by atoms with Crippen molar-refractivity contribution in [2.24, 2.45) is 11.7 Å². The maximum absolute atomic E-state index is 12.6. The van der Waals surface area contributed by atoms with E-state index in [4.69, 9.17) is 17.3 Å². The van der Waals surface area contributed by atoms with Gasteiger partial charge >= 0.3 is 0 Å². The minimum absolute atomic E-state index is 0.116. The third kappa shape index (κ3) is 3.74. The van der Waals surface area contributed by atoms with E-state index in [1.54, 1.807) is 18.2 Å². The van der Waals surface area contributed by atoms with Gasteiger partial charge in [0.25, 0.3) is 0 Å². The molecule has 0 aromatic heterocycles. The molecule has 0 bridgehead atoms. The van der Waals surface area contributed by atoms with Crippen molar-refractivity contribution in [1.82, 2.24) is 4.31 Å². The summed E-state index contributed by atoms with van der Waals surface area (Å²) < 4.78 is 26.8. The molecule has 1 fully saturated rings. The van der Waals surface area contributed by atoms with Crippen molar-refractivity contribution >= 4 is 33.4 Å². The molecule has 4 nitrogen and oxygen atoms in total. The molecule has 0 amide bonds. The van der Waals surface area contributed by atoms with Crippen LogP contribution in [0.25, 0.3) is 0 Å². The van der Waals surface area contributed by atoms with E-state index in [1.807, 2.05) is 13.2 Å². The van der Waals surface area contributed by atoms with Crippen LogP contribution in [0.15, 0.2) is 28.0 Å². The average molecular weight is 349 g/mol. The van der Waals surface area contributed by atoms with Crippen LogP contribution >= 0.6 is 23.4 Å². The molecule has 1 unspecified atom stereocenters. The third-order valence-electron chi connectivity index (χ3n) is 4.00. The first kappa shape index (κ1) is 17.1. The number of sulfonamides is 1. The Morgan fingerprint density at radius 3 is 2.48 bits per heavy atom. The number of nitrogens with zero attached hydrogens (tertiary/aromatic N) is 1. The number of thioether (sulfide) groups is 1. The second-order valence-corrected chi connectivity index (χ2v) is 8.59. The Labute approximate surface area is 136 Å². The lowest BCUT2D eigenvalue weighted by Crippen LogP contribution is -2.42. The minimum atomic E-state index is -3.46. The number of piperidine rings is 1. The molecule has 1 atom stereocenters. The Morgan fingerprint density at radius 1 is 1.38 bits per heavy atom. The van der Waals surface area contributed by atoms with Gasteiger partial charge in [-0.1, -0.05) is 11.6 Å². The van der Waals surface area contributed by atoms with Crippen LogP contribution in [-0.4, -0.2) is 38.1 Å². The van der Waals surface area contributed by atoms with Gasteiger partial charge in [-0.05, 0) is 50.1 Å². The van der Waals surface area contributed by atoms with Crippen molar-refractivity contribution in [3.8, 4) is 0 Å². The van der Waals surface area contributed by atoms with Gasteiger partial charge in [0.15, 0.2) is 0 Å². The summed E-state index contributed by atoms with van der Waals surface area (Å²) in [5.41, 5.74) is 5.90. The summed E-state index contributed by atoms with van der Waals surface area (Å²) >= 11 is 7.62. The molecule has 1 aliphatic rings. The third-order valence-corrected chi connectivity index (χ3v) is 7.12. The molecule has 1 aliphatic heterocycles. The van der Waals surface area contributed by atoms with E-state index >= 15 is 0 Å². The molecule has 7 heteroatoms. The standard InChI is InChI=1S/C14H21ClN2O2S2/c1-10(16)11-5-7-17(8-6-11)21(18,19)12-3-4-14(20-2)13(15)9-12/h3-4,9-11H,5-8,16H2,1-2H3. The highest BCUT2D eigenvalue weighted by molar-refractivity contribution is 7.98. The highest BCUT2D eigenvalue weighted by atomic mass is 35.5. The summed E-state index contributed by atoms with van der Waals surface area (Å²) in [5.74, 6) is 0.402. The van der Waals surface area contributed by atoms with Crippen molar-refractivity contribution in [3.05, 3.63) is 23.2 Å². The Morgan fingerprint density at radius 2 is 2.00 bits per heavy atom. The van der Waals surface area contributed by atoms with Gasteiger partial charge < -0.3 is 5.73 Å². The van der Waals surface area contributed by atoms with E-state index in [-0.39, 0.29) is 10.9 Å². The van der Waals surface area contributed by atoms with E-state index < -0.39 is 10.0 Å². The van der Waals surface area contributed by atoms with Crippen LogP contribution in [0.4, 0.5) is 0 Å². The van der Waals surface area contributed by atoms with Gasteiger partial charge in [-0.2, -0.15) is 4.31 Å². The summed E-state index contributed by atoms with van der Waals surface area (Å²) in [4.78, 5) is 1.15. The van der Waals surface area contributed by atoms with Gasteiger partial charge in [-0.15, -0.1) is 11.8 Å². The molecule has 2 rings (SSSR count). The van der Waals surface area contributed by atoms with Crippen LogP contribution in [0.3, 0.4) is 0 Å². The smallest absolute Gasteiger partial charge is 0.243 e. The predicted molar refractivity (Wildman–Crippen MR) is 88.4 cm³/mol. The first-order valence-electron chi connectivity index (χ1n) is 6.95. The molecule has 21 heavy (non-hydrogen) atoms. The van der Waals surface area contributed by atoms with Crippen LogP contribution in [0.1, 0.15) is 19.8 Å². The fraction of sp³-hybridized carbons (Fsp3) is 0.571. The van der Waals surface area contributed by atoms with E-state index in [1.165, 1.54) is 16.1 Å². The maximum Gasteiger partial charge on any atom is 0.243 e. The van der Waals surface area contributed by atoms with Crippen molar-refractivity contribution < 1.29 is 8.42 Å². The summed E-state index contributed by atoms with van der Waals surface area (Å²) in [6.07, 6.45) is 3.54. The molecular formula is C14H21ClN2O2S2. The molecule has 0 spiro atoms. The van der Waals surface area contributed by atoms with E-state index in [9.17, 15) is 8.42 Å². The summed E-state index contributed by atoms with van der Waals surface area (Å²) in [6, 6.07) is 5.05. The van der Waals surface area contributed by atoms with Gasteiger partial charge in [0.2, 0.25) is 10.0 Å². The minimum Gasteiger partial charge on any atom is -0.328 e. The summed E-state index contributed by atoms with van der Waals surface area (Å²) in [5, 5.41) is 0.481. The van der Waals surface area contributed by atoms with Crippen molar-refractivity contribution in [3.63, 3.8) is 0 Å². The number of halogens is 1. The lowest BCUT2D eigenvalue weighted by atomic mass is 9.92. The Bertz CT molecular complexity index is 597. The number of benzene rings is 1. The number of hydrogen-bond acceptors (Lipinski definition) is 4. The van der Waals surface area contributed by atoms with Gasteiger partial charge in [0.05, 0.1) is 9.92 Å². The largest absolute Gasteiger partial charge is 0.328 e. The zero-order chi connectivity index (χ0) is 15.6. The molecule has 1 saturated heterocycles. The molecule has 1 aromatic rings. The monoisotopic (exact) mass is 348 g/mol. The first-order valence-corrected chi connectivity index (χ1v) is 10.00. The fourth-order valence-corrected chi connectivity index (χ4v) is 5.03. The molecule has 0 radical (unpaired) electrons. The lowest BCUT2D eigenvalue weighted by Gasteiger charge is -2.33. The normalized spacial score (nSPS) is 19.6. The molecule has 0 saturated carbocycles. The van der Waals surface area contributed by atoms with Crippen LogP contribution in [-0.2, 0) is 10.0 Å². The van der Waals surface area contributed by atoms with E-state index in [0.29, 0.717) is 24.0 Å². The lowest BCUT2D eigenvalue weighted by molar-refractivity contribution is 0.250. The Hall–Kier alpha value is -0.270. The van der Waals surface area contributed by atoms with Crippen molar-refractivity contribution in [2.45, 2.75) is 35.6 Å². The molecule has 2 N–H and O–H groups in total. The summed E-state index contributed by atoms with van der Waals surface area (Å²) in [6.45, 7) is 3.03. The number of hydrogen-bond donors (Lipinski definition) is 1. The highest BCUT2D eigenvalue weighted by Gasteiger charge is 2.30. The molecule has 0 aliphatic carbocycles. The Balaban J connectivity index is 2.17. The second kappa shape index (κ2) is 6.87. The van der Waals surface area contributed by atoms with Gasteiger partial charge in [0.1, 0.15) is 0 Å². The predicted octanol–water partition coefficient (Wildman–Crippen LogP) is 2.81. The zero-order valence-corrected chi connectivity index (χ0v) is 14.6. The topological polar surface area (TPSA) is 63.4 Å². The molecule has 1 heterocycles. The molecule has 1 aromatic carbocycles. The highest BCUT2D eigenvalue weighted by Crippen LogP contribution is 2.30. The number of nitrogens with two attached hydrogens (primary N) is 1. The van der Waals surface area contributed by atoms with Crippen LogP contribution in [0.5, 0.6) is 0 Å². The second-order valence-electron chi connectivity index (χ2n) is 5.40. The van der Waals surface area contributed by atoms with Gasteiger partial charge in [0, 0.05) is 24.0 Å².